The van der Waals surface area contributed by atoms with E-state index in [0.29, 0.717) is 13.0 Å². The van der Waals surface area contributed by atoms with Gasteiger partial charge in [0.05, 0.1) is 0 Å². The van der Waals surface area contributed by atoms with Crippen LogP contribution in [0.5, 0.6) is 0 Å². The molecule has 3 N–H and O–H groups in total. The van der Waals surface area contributed by atoms with Crippen LogP contribution in [-0.2, 0) is 11.3 Å². The van der Waals surface area contributed by atoms with Crippen LogP contribution in [-0.4, -0.2) is 36.6 Å². The van der Waals surface area contributed by atoms with Crippen molar-refractivity contribution in [3.8, 4) is 0 Å². The molecular formula is C12H18N4O. The molecule has 2 heterocycles. The molecule has 1 aliphatic rings. The van der Waals surface area contributed by atoms with Gasteiger partial charge in [0.15, 0.2) is 0 Å². The number of aromatic nitrogens is 1. The number of rotatable bonds is 4. The van der Waals surface area contributed by atoms with Crippen LogP contribution < -0.4 is 16.0 Å². The zero-order valence-electron chi connectivity index (χ0n) is 9.78. The van der Waals surface area contributed by atoms with Crippen LogP contribution in [0.25, 0.3) is 0 Å². The lowest BCUT2D eigenvalue weighted by atomic mass is 10.1. The highest BCUT2D eigenvalue weighted by molar-refractivity contribution is 5.76. The second kappa shape index (κ2) is 6.32. The van der Waals surface area contributed by atoms with E-state index < -0.39 is 0 Å². The van der Waals surface area contributed by atoms with Gasteiger partial charge in [0, 0.05) is 51.0 Å². The third-order valence-electron chi connectivity index (χ3n) is 2.77. The summed E-state index contributed by atoms with van der Waals surface area (Å²) in [6.45, 7) is 3.32. The van der Waals surface area contributed by atoms with Crippen LogP contribution in [0.2, 0.25) is 0 Å². The topological polar surface area (TPSA) is 66.1 Å². The van der Waals surface area contributed by atoms with E-state index in [1.54, 1.807) is 12.4 Å². The molecule has 92 valence electrons. The van der Waals surface area contributed by atoms with Gasteiger partial charge in [-0.3, -0.25) is 9.78 Å². The number of pyridine rings is 1. The highest BCUT2D eigenvalue weighted by atomic mass is 16.1. The monoisotopic (exact) mass is 234 g/mol. The number of hydrogen-bond donors (Lipinski definition) is 3. The fourth-order valence-corrected chi connectivity index (χ4v) is 1.86. The molecule has 0 saturated carbocycles. The van der Waals surface area contributed by atoms with Crippen molar-refractivity contribution >= 4 is 5.91 Å². The Kier molecular flexibility index (Phi) is 4.46. The Hall–Kier alpha value is -1.46. The third-order valence-corrected chi connectivity index (χ3v) is 2.77. The molecule has 1 saturated heterocycles. The summed E-state index contributed by atoms with van der Waals surface area (Å²) in [4.78, 5) is 15.7. The second-order valence-electron chi connectivity index (χ2n) is 4.20. The summed E-state index contributed by atoms with van der Waals surface area (Å²) in [7, 11) is 0. The highest BCUT2D eigenvalue weighted by Gasteiger charge is 2.15. The fourth-order valence-electron chi connectivity index (χ4n) is 1.86. The zero-order chi connectivity index (χ0) is 11.9. The average Bonchev–Trinajstić information content (AvgIpc) is 2.39. The molecule has 5 heteroatoms. The van der Waals surface area contributed by atoms with Gasteiger partial charge in [-0.1, -0.05) is 6.07 Å². The van der Waals surface area contributed by atoms with Crippen LogP contribution >= 0.6 is 0 Å². The predicted molar refractivity (Wildman–Crippen MR) is 65.4 cm³/mol. The molecule has 1 aromatic rings. The van der Waals surface area contributed by atoms with Crippen LogP contribution in [0.3, 0.4) is 0 Å². The predicted octanol–water partition coefficient (Wildman–Crippen LogP) is -0.351. The van der Waals surface area contributed by atoms with Gasteiger partial charge >= 0.3 is 0 Å². The lowest BCUT2D eigenvalue weighted by Gasteiger charge is -2.23. The molecule has 1 fully saturated rings. The van der Waals surface area contributed by atoms with E-state index in [9.17, 15) is 4.79 Å². The van der Waals surface area contributed by atoms with Crippen molar-refractivity contribution in [3.05, 3.63) is 30.1 Å². The van der Waals surface area contributed by atoms with E-state index in [1.165, 1.54) is 0 Å². The van der Waals surface area contributed by atoms with Crippen molar-refractivity contribution < 1.29 is 4.79 Å². The molecule has 17 heavy (non-hydrogen) atoms. The van der Waals surface area contributed by atoms with E-state index in [0.717, 1.165) is 25.2 Å². The Balaban J connectivity index is 1.70. The van der Waals surface area contributed by atoms with Gasteiger partial charge in [-0.05, 0) is 11.6 Å². The maximum absolute atomic E-state index is 11.7. The summed E-state index contributed by atoms with van der Waals surface area (Å²) in [5.74, 6) is 0.0788. The molecule has 0 aliphatic carbocycles. The summed E-state index contributed by atoms with van der Waals surface area (Å²) in [6, 6.07) is 4.07. The first-order valence-corrected chi connectivity index (χ1v) is 5.94. The second-order valence-corrected chi connectivity index (χ2v) is 4.20. The normalized spacial score (nSPS) is 19.9. The maximum Gasteiger partial charge on any atom is 0.221 e. The van der Waals surface area contributed by atoms with Crippen LogP contribution in [0.1, 0.15) is 12.0 Å². The van der Waals surface area contributed by atoms with Crippen molar-refractivity contribution in [1.29, 1.82) is 0 Å². The van der Waals surface area contributed by atoms with E-state index >= 15 is 0 Å². The van der Waals surface area contributed by atoms with Crippen LogP contribution in [0.15, 0.2) is 24.5 Å². The Morgan fingerprint density at radius 3 is 3.18 bits per heavy atom. The number of hydrogen-bond acceptors (Lipinski definition) is 4. The SMILES string of the molecule is O=C(CC1CNCCN1)NCc1cccnc1. The van der Waals surface area contributed by atoms with Crippen LogP contribution in [0.4, 0.5) is 0 Å². The Morgan fingerprint density at radius 1 is 1.53 bits per heavy atom. The summed E-state index contributed by atoms with van der Waals surface area (Å²) in [5, 5.41) is 9.47. The largest absolute Gasteiger partial charge is 0.352 e. The minimum Gasteiger partial charge on any atom is -0.352 e. The number of nitrogens with zero attached hydrogens (tertiary/aromatic N) is 1. The van der Waals surface area contributed by atoms with Gasteiger partial charge in [-0.25, -0.2) is 0 Å². The number of amides is 1. The first-order valence-electron chi connectivity index (χ1n) is 5.94. The van der Waals surface area contributed by atoms with Crippen molar-refractivity contribution in [3.63, 3.8) is 0 Å². The summed E-state index contributed by atoms with van der Waals surface area (Å²) in [6.07, 6.45) is 4.01. The summed E-state index contributed by atoms with van der Waals surface area (Å²) < 4.78 is 0. The molecule has 0 bridgehead atoms. The summed E-state index contributed by atoms with van der Waals surface area (Å²) >= 11 is 0. The van der Waals surface area contributed by atoms with Gasteiger partial charge in [-0.15, -0.1) is 0 Å². The summed E-state index contributed by atoms with van der Waals surface area (Å²) in [5.41, 5.74) is 1.02. The van der Waals surface area contributed by atoms with Gasteiger partial charge in [0.2, 0.25) is 5.91 Å². The molecule has 1 atom stereocenters. The number of nitrogens with one attached hydrogen (secondary N) is 3. The molecule has 1 aromatic heterocycles. The zero-order valence-corrected chi connectivity index (χ0v) is 9.78. The Labute approximate surface area is 101 Å². The van der Waals surface area contributed by atoms with Gasteiger partial charge in [0.1, 0.15) is 0 Å². The van der Waals surface area contributed by atoms with E-state index in [4.69, 9.17) is 0 Å². The Morgan fingerprint density at radius 2 is 2.47 bits per heavy atom. The van der Waals surface area contributed by atoms with Crippen molar-refractivity contribution in [1.82, 2.24) is 20.9 Å². The first kappa shape index (κ1) is 12.0. The lowest BCUT2D eigenvalue weighted by Crippen LogP contribution is -2.50. The lowest BCUT2D eigenvalue weighted by molar-refractivity contribution is -0.121. The smallest absolute Gasteiger partial charge is 0.221 e. The number of carbonyl (C=O) groups is 1. The molecule has 1 unspecified atom stereocenters. The quantitative estimate of drug-likeness (QED) is 0.666. The molecule has 1 aliphatic heterocycles. The van der Waals surface area contributed by atoms with Crippen molar-refractivity contribution in [2.24, 2.45) is 0 Å². The van der Waals surface area contributed by atoms with Gasteiger partial charge < -0.3 is 16.0 Å². The third kappa shape index (κ3) is 4.13. The first-order chi connectivity index (χ1) is 8.34. The molecule has 2 rings (SSSR count). The van der Waals surface area contributed by atoms with Crippen LogP contribution in [0, 0.1) is 0 Å². The molecule has 1 amide bonds. The van der Waals surface area contributed by atoms with Gasteiger partial charge in [0.25, 0.3) is 0 Å². The average molecular weight is 234 g/mol. The molecule has 0 radical (unpaired) electrons. The molecule has 0 spiro atoms. The minimum absolute atomic E-state index is 0.0788. The van der Waals surface area contributed by atoms with E-state index in [1.807, 2.05) is 12.1 Å². The van der Waals surface area contributed by atoms with Crippen molar-refractivity contribution in [2.45, 2.75) is 19.0 Å². The molecule has 5 nitrogen and oxygen atoms in total. The van der Waals surface area contributed by atoms with E-state index in [2.05, 4.69) is 20.9 Å². The van der Waals surface area contributed by atoms with Crippen molar-refractivity contribution in [2.75, 3.05) is 19.6 Å². The maximum atomic E-state index is 11.7. The fraction of sp³-hybridized carbons (Fsp3) is 0.500. The molecule has 0 aromatic carbocycles. The Bertz CT molecular complexity index is 349. The van der Waals surface area contributed by atoms with Gasteiger partial charge in [-0.2, -0.15) is 0 Å². The minimum atomic E-state index is 0.0788. The standard InChI is InChI=1S/C12H18N4O/c17-12(6-11-9-14-4-5-15-11)16-8-10-2-1-3-13-7-10/h1-3,7,11,14-15H,4-6,8-9H2,(H,16,17). The highest BCUT2D eigenvalue weighted by Crippen LogP contribution is 1.97. The number of piperazine rings is 1. The van der Waals surface area contributed by atoms with E-state index in [-0.39, 0.29) is 11.9 Å². The molecular weight excluding hydrogens is 216 g/mol. The number of carbonyl (C=O) groups excluding carboxylic acids is 1.